The molecule has 3 aromatic heterocycles. The number of nitrogens with zero attached hydrogens (tertiary/aromatic N) is 5. The van der Waals surface area contributed by atoms with E-state index >= 15 is 0 Å². The summed E-state index contributed by atoms with van der Waals surface area (Å²) in [7, 11) is 1.83. The maximum atomic E-state index is 13.4. The molecule has 1 aromatic carbocycles. The highest BCUT2D eigenvalue weighted by Crippen LogP contribution is 2.32. The van der Waals surface area contributed by atoms with E-state index in [-0.39, 0.29) is 11.2 Å². The topological polar surface area (TPSA) is 60.0 Å². The molecule has 0 aliphatic rings. The van der Waals surface area contributed by atoms with Crippen molar-refractivity contribution in [2.45, 2.75) is 27.3 Å². The van der Waals surface area contributed by atoms with Crippen LogP contribution in [0.25, 0.3) is 28.3 Å². The molecule has 144 valence electrons. The van der Waals surface area contributed by atoms with E-state index in [1.165, 1.54) is 12.1 Å². The first-order valence-electron chi connectivity index (χ1n) is 9.20. The Balaban J connectivity index is 1.89. The molecule has 0 spiro atoms. The maximum Gasteiger partial charge on any atom is 0.156 e. The monoisotopic (exact) mass is 378 g/mol. The fraction of sp³-hybridized carbons (Fsp3) is 0.286. The summed E-state index contributed by atoms with van der Waals surface area (Å²) < 4.78 is 17.3. The summed E-state index contributed by atoms with van der Waals surface area (Å²) in [4.78, 5) is 9.09. The SMILES string of the molecule is CNc1cn2nc(-c3c(-c4ccc(F)cc4)ncn3CC(C)(C)C)ccc2n1. The van der Waals surface area contributed by atoms with Crippen LogP contribution in [0.5, 0.6) is 0 Å². The minimum absolute atomic E-state index is 0.0634. The molecule has 0 amide bonds. The van der Waals surface area contributed by atoms with Crippen molar-refractivity contribution in [2.75, 3.05) is 12.4 Å². The fourth-order valence-electron chi connectivity index (χ4n) is 3.23. The van der Waals surface area contributed by atoms with Gasteiger partial charge in [-0.1, -0.05) is 20.8 Å². The lowest BCUT2D eigenvalue weighted by atomic mass is 9.96. The summed E-state index contributed by atoms with van der Waals surface area (Å²) in [6.07, 6.45) is 3.68. The van der Waals surface area contributed by atoms with Crippen LogP contribution in [0.1, 0.15) is 20.8 Å². The minimum atomic E-state index is -0.267. The van der Waals surface area contributed by atoms with Crippen LogP contribution in [0.2, 0.25) is 0 Å². The molecule has 0 fully saturated rings. The van der Waals surface area contributed by atoms with E-state index in [1.807, 2.05) is 31.7 Å². The van der Waals surface area contributed by atoms with E-state index in [0.717, 1.165) is 40.7 Å². The van der Waals surface area contributed by atoms with Gasteiger partial charge >= 0.3 is 0 Å². The van der Waals surface area contributed by atoms with Crippen LogP contribution in [-0.2, 0) is 6.54 Å². The van der Waals surface area contributed by atoms with Gasteiger partial charge in [0, 0.05) is 19.2 Å². The van der Waals surface area contributed by atoms with Crippen LogP contribution in [0.4, 0.5) is 10.2 Å². The molecule has 0 radical (unpaired) electrons. The smallest absolute Gasteiger partial charge is 0.156 e. The van der Waals surface area contributed by atoms with Crippen molar-refractivity contribution in [1.82, 2.24) is 24.1 Å². The van der Waals surface area contributed by atoms with Crippen molar-refractivity contribution in [3.63, 3.8) is 0 Å². The Morgan fingerprint density at radius 2 is 1.82 bits per heavy atom. The Hall–Kier alpha value is -3.22. The second kappa shape index (κ2) is 6.74. The summed E-state index contributed by atoms with van der Waals surface area (Å²) in [6, 6.07) is 10.3. The number of anilines is 1. The van der Waals surface area contributed by atoms with Gasteiger partial charge in [0.05, 0.1) is 23.9 Å². The van der Waals surface area contributed by atoms with Crippen LogP contribution in [0.15, 0.2) is 48.9 Å². The number of hydrogen-bond acceptors (Lipinski definition) is 4. The van der Waals surface area contributed by atoms with Crippen molar-refractivity contribution in [3.05, 3.63) is 54.7 Å². The van der Waals surface area contributed by atoms with Gasteiger partial charge in [-0.05, 0) is 41.8 Å². The first kappa shape index (κ1) is 18.2. The van der Waals surface area contributed by atoms with Gasteiger partial charge in [0.25, 0.3) is 0 Å². The number of nitrogens with one attached hydrogen (secondary N) is 1. The van der Waals surface area contributed by atoms with E-state index in [0.29, 0.717) is 0 Å². The molecule has 0 aliphatic heterocycles. The summed E-state index contributed by atoms with van der Waals surface area (Å²) in [5, 5.41) is 7.79. The molecule has 28 heavy (non-hydrogen) atoms. The number of aromatic nitrogens is 5. The molecule has 0 atom stereocenters. The molecule has 0 aliphatic carbocycles. The summed E-state index contributed by atoms with van der Waals surface area (Å²) in [5.41, 5.74) is 4.15. The van der Waals surface area contributed by atoms with E-state index in [4.69, 9.17) is 5.10 Å². The number of imidazole rings is 2. The summed E-state index contributed by atoms with van der Waals surface area (Å²) >= 11 is 0. The molecule has 0 unspecified atom stereocenters. The minimum Gasteiger partial charge on any atom is -0.372 e. The van der Waals surface area contributed by atoms with Gasteiger partial charge in [0.2, 0.25) is 0 Å². The van der Waals surface area contributed by atoms with Gasteiger partial charge in [-0.3, -0.25) is 0 Å². The number of benzene rings is 1. The van der Waals surface area contributed by atoms with E-state index in [1.54, 1.807) is 16.6 Å². The summed E-state index contributed by atoms with van der Waals surface area (Å²) in [5.74, 6) is 0.489. The van der Waals surface area contributed by atoms with Crippen LogP contribution >= 0.6 is 0 Å². The largest absolute Gasteiger partial charge is 0.372 e. The maximum absolute atomic E-state index is 13.4. The zero-order chi connectivity index (χ0) is 19.9. The van der Waals surface area contributed by atoms with Gasteiger partial charge in [0.15, 0.2) is 5.65 Å². The average Bonchev–Trinajstić information content (AvgIpc) is 3.24. The lowest BCUT2D eigenvalue weighted by Gasteiger charge is -2.20. The van der Waals surface area contributed by atoms with E-state index < -0.39 is 0 Å². The van der Waals surface area contributed by atoms with E-state index in [2.05, 4.69) is 40.6 Å². The molecule has 0 bridgehead atoms. The van der Waals surface area contributed by atoms with Crippen molar-refractivity contribution >= 4 is 11.5 Å². The highest BCUT2D eigenvalue weighted by atomic mass is 19.1. The molecule has 0 saturated carbocycles. The molecular weight excluding hydrogens is 355 g/mol. The van der Waals surface area contributed by atoms with Crippen molar-refractivity contribution in [1.29, 1.82) is 0 Å². The molecule has 3 heterocycles. The van der Waals surface area contributed by atoms with E-state index in [9.17, 15) is 4.39 Å². The normalized spacial score (nSPS) is 11.9. The first-order valence-corrected chi connectivity index (χ1v) is 9.20. The summed E-state index contributed by atoms with van der Waals surface area (Å²) in [6.45, 7) is 7.32. The van der Waals surface area contributed by atoms with Gasteiger partial charge < -0.3 is 9.88 Å². The van der Waals surface area contributed by atoms with Crippen molar-refractivity contribution < 1.29 is 4.39 Å². The van der Waals surface area contributed by atoms with Crippen LogP contribution in [-0.4, -0.2) is 31.2 Å². The van der Waals surface area contributed by atoms with Crippen molar-refractivity contribution in [3.8, 4) is 22.6 Å². The van der Waals surface area contributed by atoms with Crippen molar-refractivity contribution in [2.24, 2.45) is 5.41 Å². The lowest BCUT2D eigenvalue weighted by molar-refractivity contribution is 0.345. The molecule has 7 heteroatoms. The molecule has 1 N–H and O–H groups in total. The Labute approximate surface area is 163 Å². The zero-order valence-electron chi connectivity index (χ0n) is 16.4. The fourth-order valence-corrected chi connectivity index (χ4v) is 3.23. The Kier molecular flexibility index (Phi) is 4.37. The standard InChI is InChI=1S/C21H23FN6/c1-21(2,3)12-27-13-24-19(14-5-7-15(22)8-6-14)20(27)16-9-10-18-25-17(23-4)11-28(18)26-16/h5-11,13,23H,12H2,1-4H3. The third-order valence-corrected chi connectivity index (χ3v) is 4.42. The third kappa shape index (κ3) is 3.47. The van der Waals surface area contributed by atoms with Crippen LogP contribution < -0.4 is 5.32 Å². The highest BCUT2D eigenvalue weighted by molar-refractivity contribution is 5.77. The second-order valence-electron chi connectivity index (χ2n) is 8.03. The molecule has 6 nitrogen and oxygen atoms in total. The Morgan fingerprint density at radius 1 is 1.07 bits per heavy atom. The second-order valence-corrected chi connectivity index (χ2v) is 8.03. The van der Waals surface area contributed by atoms with Gasteiger partial charge in [0.1, 0.15) is 17.3 Å². The predicted molar refractivity (Wildman–Crippen MR) is 109 cm³/mol. The number of fused-ring (bicyclic) bond motifs is 1. The molecular formula is C21H23FN6. The highest BCUT2D eigenvalue weighted by Gasteiger charge is 2.21. The first-order chi connectivity index (χ1) is 13.3. The zero-order valence-corrected chi connectivity index (χ0v) is 16.4. The number of hydrogen-bond donors (Lipinski definition) is 1. The third-order valence-electron chi connectivity index (χ3n) is 4.42. The van der Waals surface area contributed by atoms with Gasteiger partial charge in [-0.15, -0.1) is 0 Å². The van der Waals surface area contributed by atoms with Crippen LogP contribution in [0, 0.1) is 11.2 Å². The molecule has 4 rings (SSSR count). The lowest BCUT2D eigenvalue weighted by Crippen LogP contribution is -2.16. The van der Waals surface area contributed by atoms with Gasteiger partial charge in [-0.25, -0.2) is 18.9 Å². The molecule has 0 saturated heterocycles. The number of rotatable bonds is 4. The Morgan fingerprint density at radius 3 is 2.50 bits per heavy atom. The number of halogens is 1. The quantitative estimate of drug-likeness (QED) is 0.568. The molecule has 4 aromatic rings. The Bertz CT molecular complexity index is 1120. The average molecular weight is 378 g/mol. The van der Waals surface area contributed by atoms with Gasteiger partial charge in [-0.2, -0.15) is 5.10 Å². The van der Waals surface area contributed by atoms with Crippen LogP contribution in [0.3, 0.4) is 0 Å². The predicted octanol–water partition coefficient (Wildman–Crippen LogP) is 4.49.